The van der Waals surface area contributed by atoms with Gasteiger partial charge in [0, 0.05) is 26.7 Å². The molecule has 0 aliphatic heterocycles. The van der Waals surface area contributed by atoms with Crippen LogP contribution in [0.15, 0.2) is 34.2 Å². The van der Waals surface area contributed by atoms with E-state index in [4.69, 9.17) is 4.74 Å². The number of benzene rings is 1. The summed E-state index contributed by atoms with van der Waals surface area (Å²) in [6, 6.07) is 6.78. The van der Waals surface area contributed by atoms with Crippen molar-refractivity contribution in [3.05, 3.63) is 29.8 Å². The van der Waals surface area contributed by atoms with Gasteiger partial charge in [0.05, 0.1) is 18.0 Å². The maximum Gasteiger partial charge on any atom is 0.240 e. The lowest BCUT2D eigenvalue weighted by molar-refractivity contribution is 0.204. The van der Waals surface area contributed by atoms with Crippen LogP contribution in [0, 0.1) is 5.92 Å². The molecule has 1 aliphatic carbocycles. The Morgan fingerprint density at radius 1 is 1.23 bits per heavy atom. The van der Waals surface area contributed by atoms with E-state index in [1.165, 1.54) is 20.0 Å². The normalized spacial score (nSPS) is 14.6. The van der Waals surface area contributed by atoms with E-state index in [1.807, 2.05) is 6.92 Å². The van der Waals surface area contributed by atoms with E-state index < -0.39 is 10.0 Å². The summed E-state index contributed by atoms with van der Waals surface area (Å²) in [7, 11) is -1.96. The van der Waals surface area contributed by atoms with Crippen molar-refractivity contribution >= 4 is 40.0 Å². The number of halogens is 1. The lowest BCUT2D eigenvalue weighted by Crippen LogP contribution is -2.38. The molecular weight excluding hydrogens is 467 g/mol. The minimum absolute atomic E-state index is 0. The molecule has 9 heteroatoms. The van der Waals surface area contributed by atoms with E-state index in [-0.39, 0.29) is 35.4 Å². The quantitative estimate of drug-likeness (QED) is 0.199. The summed E-state index contributed by atoms with van der Waals surface area (Å²) >= 11 is 0. The number of aliphatic imine (C=N–C) groups is 1. The molecule has 0 amide bonds. The molecule has 0 spiro atoms. The van der Waals surface area contributed by atoms with Gasteiger partial charge in [-0.05, 0) is 43.4 Å². The first kappa shape index (κ1) is 23.1. The van der Waals surface area contributed by atoms with Crippen LogP contribution < -0.4 is 15.4 Å². The Labute approximate surface area is 173 Å². The molecule has 7 nitrogen and oxygen atoms in total. The summed E-state index contributed by atoms with van der Waals surface area (Å²) in [6.45, 7) is 4.88. The molecule has 0 bridgehead atoms. The van der Waals surface area contributed by atoms with Gasteiger partial charge in [0.1, 0.15) is 0 Å². The number of nitrogens with zero attached hydrogens (tertiary/aromatic N) is 1. The van der Waals surface area contributed by atoms with Gasteiger partial charge in [-0.2, -0.15) is 0 Å². The lowest BCUT2D eigenvalue weighted by Gasteiger charge is -2.11. The molecule has 0 saturated heterocycles. The molecule has 3 N–H and O–H groups in total. The molecule has 0 aromatic heterocycles. The van der Waals surface area contributed by atoms with Gasteiger partial charge >= 0.3 is 0 Å². The maximum absolute atomic E-state index is 12.1. The van der Waals surface area contributed by atoms with E-state index in [9.17, 15) is 8.42 Å². The number of sulfonamides is 1. The van der Waals surface area contributed by atoms with Gasteiger partial charge in [0.2, 0.25) is 10.0 Å². The van der Waals surface area contributed by atoms with Gasteiger partial charge in [0.15, 0.2) is 5.96 Å². The van der Waals surface area contributed by atoms with E-state index in [2.05, 4.69) is 20.3 Å². The molecule has 0 atom stereocenters. The second-order valence-electron chi connectivity index (χ2n) is 6.05. The van der Waals surface area contributed by atoms with Gasteiger partial charge in [-0.3, -0.25) is 0 Å². The fraction of sp³-hybridized carbons (Fsp3) is 0.588. The molecule has 1 fully saturated rings. The molecule has 0 unspecified atom stereocenters. The minimum Gasteiger partial charge on any atom is -0.383 e. The standard InChI is InChI=1S/C17H28N4O3S.HI/c1-3-18-17(19-12-14-4-5-14)20-13-15-6-8-16(9-7-15)25(22,23)21-10-11-24-2;/h6-9,14,21H,3-5,10-13H2,1-2H3,(H2,18,19,20);1H. The average molecular weight is 496 g/mol. The van der Waals surface area contributed by atoms with E-state index >= 15 is 0 Å². The number of nitrogens with one attached hydrogen (secondary N) is 3. The van der Waals surface area contributed by atoms with Crippen molar-refractivity contribution in [2.75, 3.05) is 33.4 Å². The van der Waals surface area contributed by atoms with Crippen molar-refractivity contribution < 1.29 is 13.2 Å². The molecule has 148 valence electrons. The Balaban J connectivity index is 0.00000338. The monoisotopic (exact) mass is 496 g/mol. The predicted octanol–water partition coefficient (Wildman–Crippen LogP) is 1.69. The highest BCUT2D eigenvalue weighted by Gasteiger charge is 2.21. The van der Waals surface area contributed by atoms with Crippen LogP contribution in [0.5, 0.6) is 0 Å². The first-order chi connectivity index (χ1) is 12.0. The lowest BCUT2D eigenvalue weighted by atomic mass is 10.2. The smallest absolute Gasteiger partial charge is 0.240 e. The summed E-state index contributed by atoms with van der Waals surface area (Å²) in [5.41, 5.74) is 0.958. The number of guanidine groups is 1. The Kier molecular flexibility index (Phi) is 10.4. The zero-order valence-electron chi connectivity index (χ0n) is 15.3. The van der Waals surface area contributed by atoms with Crippen LogP contribution in [0.2, 0.25) is 0 Å². The summed E-state index contributed by atoms with van der Waals surface area (Å²) in [5.74, 6) is 1.58. The van der Waals surface area contributed by atoms with Crippen molar-refractivity contribution in [2.24, 2.45) is 10.9 Å². The van der Waals surface area contributed by atoms with Crippen LogP contribution in [-0.2, 0) is 21.3 Å². The molecule has 1 aromatic rings. The second kappa shape index (κ2) is 11.7. The fourth-order valence-corrected chi connectivity index (χ4v) is 3.22. The molecule has 1 saturated carbocycles. The number of methoxy groups -OCH3 is 1. The molecule has 26 heavy (non-hydrogen) atoms. The summed E-state index contributed by atoms with van der Waals surface area (Å²) in [4.78, 5) is 4.79. The molecule has 1 aromatic carbocycles. The number of hydrogen-bond donors (Lipinski definition) is 3. The first-order valence-electron chi connectivity index (χ1n) is 8.65. The SMILES string of the molecule is CCNC(=NCc1ccc(S(=O)(=O)NCCOC)cc1)NCC1CC1.I. The Morgan fingerprint density at radius 3 is 2.50 bits per heavy atom. The van der Waals surface area contributed by atoms with Crippen LogP contribution in [0.3, 0.4) is 0 Å². The molecular formula is C17H29IN4O3S. The van der Waals surface area contributed by atoms with Crippen molar-refractivity contribution in [1.29, 1.82) is 0 Å². The molecule has 0 radical (unpaired) electrons. The summed E-state index contributed by atoms with van der Waals surface area (Å²) < 4.78 is 31.6. The van der Waals surface area contributed by atoms with Gasteiger partial charge in [-0.15, -0.1) is 24.0 Å². The third-order valence-electron chi connectivity index (χ3n) is 3.85. The predicted molar refractivity (Wildman–Crippen MR) is 114 cm³/mol. The second-order valence-corrected chi connectivity index (χ2v) is 7.82. The highest BCUT2D eigenvalue weighted by atomic mass is 127. The van der Waals surface area contributed by atoms with Crippen LogP contribution in [0.25, 0.3) is 0 Å². The third kappa shape index (κ3) is 8.19. The zero-order valence-corrected chi connectivity index (χ0v) is 18.5. The van der Waals surface area contributed by atoms with Crippen molar-refractivity contribution in [3.8, 4) is 0 Å². The Bertz CT molecular complexity index is 661. The maximum atomic E-state index is 12.1. The Morgan fingerprint density at radius 2 is 1.92 bits per heavy atom. The van der Waals surface area contributed by atoms with Gasteiger partial charge in [-0.25, -0.2) is 18.1 Å². The van der Waals surface area contributed by atoms with Crippen LogP contribution in [0.1, 0.15) is 25.3 Å². The van der Waals surface area contributed by atoms with Crippen molar-refractivity contribution in [1.82, 2.24) is 15.4 Å². The van der Waals surface area contributed by atoms with Gasteiger partial charge in [-0.1, -0.05) is 12.1 Å². The number of rotatable bonds is 10. The fourth-order valence-electron chi connectivity index (χ4n) is 2.21. The molecule has 2 rings (SSSR count). The van der Waals surface area contributed by atoms with Crippen LogP contribution in [0.4, 0.5) is 0 Å². The average Bonchev–Trinajstić information content (AvgIpc) is 3.42. The summed E-state index contributed by atoms with van der Waals surface area (Å²) in [5, 5.41) is 6.56. The van der Waals surface area contributed by atoms with Crippen molar-refractivity contribution in [3.63, 3.8) is 0 Å². The van der Waals surface area contributed by atoms with Crippen LogP contribution >= 0.6 is 24.0 Å². The first-order valence-corrected chi connectivity index (χ1v) is 10.1. The van der Waals surface area contributed by atoms with E-state index in [0.717, 1.165) is 30.5 Å². The van der Waals surface area contributed by atoms with E-state index in [1.54, 1.807) is 24.3 Å². The van der Waals surface area contributed by atoms with Crippen molar-refractivity contribution in [2.45, 2.75) is 31.2 Å². The van der Waals surface area contributed by atoms with Crippen LogP contribution in [-0.4, -0.2) is 47.7 Å². The molecule has 0 heterocycles. The van der Waals surface area contributed by atoms with E-state index in [0.29, 0.717) is 13.2 Å². The Hall–Kier alpha value is -0.910. The zero-order chi connectivity index (χ0) is 18.1. The largest absolute Gasteiger partial charge is 0.383 e. The summed E-state index contributed by atoms with van der Waals surface area (Å²) in [6.07, 6.45) is 2.58. The topological polar surface area (TPSA) is 91.8 Å². The third-order valence-corrected chi connectivity index (χ3v) is 5.33. The highest BCUT2D eigenvalue weighted by Crippen LogP contribution is 2.27. The minimum atomic E-state index is -3.49. The molecule has 1 aliphatic rings. The number of ether oxygens (including phenoxy) is 1. The van der Waals surface area contributed by atoms with Gasteiger partial charge < -0.3 is 15.4 Å². The number of hydrogen-bond acceptors (Lipinski definition) is 4. The highest BCUT2D eigenvalue weighted by molar-refractivity contribution is 14.0. The van der Waals surface area contributed by atoms with Gasteiger partial charge in [0.25, 0.3) is 0 Å².